The van der Waals surface area contributed by atoms with Crippen LogP contribution in [0.2, 0.25) is 0 Å². The average molecular weight is 1760 g/mol. The Labute approximate surface area is 791 Å². The summed E-state index contributed by atoms with van der Waals surface area (Å²) in [6.07, 6.45) is 0. The Hall–Kier alpha value is -18.8. The molecule has 644 valence electrons. The van der Waals surface area contributed by atoms with Crippen LogP contribution in [0.3, 0.4) is 0 Å². The molecular weight excluding hydrogens is 1690 g/mol. The number of nitrogens with zero attached hydrogens (tertiary/aromatic N) is 10. The third-order valence-electron chi connectivity index (χ3n) is 27.1. The molecule has 0 aliphatic heterocycles. The molecule has 0 aliphatic carbocycles. The van der Waals surface area contributed by atoms with Gasteiger partial charge in [-0.1, -0.05) is 328 Å². The van der Waals surface area contributed by atoms with Crippen LogP contribution in [-0.2, 0) is 0 Å². The van der Waals surface area contributed by atoms with Crippen LogP contribution in [-0.4, -0.2) is 48.2 Å². The van der Waals surface area contributed by atoms with Crippen molar-refractivity contribution in [2.45, 2.75) is 0 Å². The van der Waals surface area contributed by atoms with Crippen molar-refractivity contribution in [3.05, 3.63) is 473 Å². The highest BCUT2D eigenvalue weighted by Gasteiger charge is 2.28. The number of hydrogen-bond acceptors (Lipinski definition) is 8. The summed E-state index contributed by atoms with van der Waals surface area (Å²) in [5.41, 5.74) is 31.2. The van der Waals surface area contributed by atoms with E-state index in [1.807, 2.05) is 127 Å². The predicted molar refractivity (Wildman–Crippen MR) is 566 cm³/mol. The lowest BCUT2D eigenvalue weighted by atomic mass is 9.95. The van der Waals surface area contributed by atoms with Gasteiger partial charge in [-0.15, -0.1) is 0 Å². The maximum Gasteiger partial charge on any atom is 0.167 e. The smallest absolute Gasteiger partial charge is 0.167 e. The summed E-state index contributed by atoms with van der Waals surface area (Å²) in [6.45, 7) is 0. The second-order valence-electron chi connectivity index (χ2n) is 35.1. The molecule has 28 aromatic rings. The molecule has 20 aromatic carbocycles. The molecule has 0 amide bonds. The molecule has 0 aliphatic rings. The Morgan fingerprint density at radius 2 is 0.399 bits per heavy atom. The van der Waals surface area contributed by atoms with Gasteiger partial charge in [0.2, 0.25) is 0 Å². The molecule has 0 radical (unpaired) electrons. The van der Waals surface area contributed by atoms with E-state index in [1.165, 1.54) is 59.9 Å². The molecule has 8 aromatic heterocycles. The SMILES string of the molecule is c1ccc(-c2nc(-c3ccccc3)nc(-c3ccc4oc5c(-c6cccc7c6c6cc(-c8ccc9c(c8)c8ccccc8n9-c8ccccc8)ccc6n7-c6ccccc6)cccc5c4c3)n2)cc1.c1ccc(-c2nc(-c3ccccc3)nc(-c3cccc4c3oc3c(-c5cccc6c5c5cc(-c7ccc8c(c7)c7ccccc7n8-c7ccccc7)ccc5n6-c5ccccc5)cccc34)n2)cc1. The van der Waals surface area contributed by atoms with Gasteiger partial charge in [-0.25, -0.2) is 29.9 Å². The van der Waals surface area contributed by atoms with Gasteiger partial charge in [-0.05, 0) is 179 Å². The molecule has 0 N–H and O–H groups in total. The zero-order valence-corrected chi connectivity index (χ0v) is 74.3. The summed E-state index contributed by atoms with van der Waals surface area (Å²) in [6, 6.07) is 167. The van der Waals surface area contributed by atoms with Crippen LogP contribution in [0, 0.1) is 0 Å². The van der Waals surface area contributed by atoms with Crippen molar-refractivity contribution in [3.8, 4) is 136 Å². The molecular formula is C126H78N10O2. The summed E-state index contributed by atoms with van der Waals surface area (Å²) < 4.78 is 23.6. The van der Waals surface area contributed by atoms with Crippen molar-refractivity contribution in [3.63, 3.8) is 0 Å². The molecule has 12 heteroatoms. The fourth-order valence-electron chi connectivity index (χ4n) is 20.9. The molecule has 8 heterocycles. The van der Waals surface area contributed by atoms with Crippen molar-refractivity contribution in [1.29, 1.82) is 0 Å². The van der Waals surface area contributed by atoms with E-state index in [-0.39, 0.29) is 0 Å². The lowest BCUT2D eigenvalue weighted by Crippen LogP contribution is -2.00. The second kappa shape index (κ2) is 32.6. The van der Waals surface area contributed by atoms with Crippen molar-refractivity contribution < 1.29 is 8.83 Å². The minimum Gasteiger partial charge on any atom is -0.455 e. The topological polar surface area (TPSA) is 123 Å². The minimum atomic E-state index is 0.553. The quantitative estimate of drug-likeness (QED) is 0.105. The molecule has 0 bridgehead atoms. The molecule has 0 fully saturated rings. The predicted octanol–water partition coefficient (Wildman–Crippen LogP) is 32.6. The number of hydrogen-bond donors (Lipinski definition) is 0. The first-order valence-corrected chi connectivity index (χ1v) is 46.5. The maximum absolute atomic E-state index is 7.16. The van der Waals surface area contributed by atoms with Gasteiger partial charge in [0.25, 0.3) is 0 Å². The van der Waals surface area contributed by atoms with Gasteiger partial charge in [-0.3, -0.25) is 0 Å². The summed E-state index contributed by atoms with van der Waals surface area (Å²) in [7, 11) is 0. The van der Waals surface area contributed by atoms with Gasteiger partial charge in [-0.2, -0.15) is 0 Å². The largest absolute Gasteiger partial charge is 0.455 e. The molecule has 0 unspecified atom stereocenters. The van der Waals surface area contributed by atoms with E-state index < -0.39 is 0 Å². The van der Waals surface area contributed by atoms with Gasteiger partial charge in [0.15, 0.2) is 34.9 Å². The van der Waals surface area contributed by atoms with E-state index in [0.717, 1.165) is 172 Å². The van der Waals surface area contributed by atoms with Crippen molar-refractivity contribution in [2.75, 3.05) is 0 Å². The minimum absolute atomic E-state index is 0.553. The van der Waals surface area contributed by atoms with Crippen LogP contribution < -0.4 is 0 Å². The number of rotatable bonds is 14. The van der Waals surface area contributed by atoms with Crippen LogP contribution in [0.5, 0.6) is 0 Å². The fourth-order valence-corrected chi connectivity index (χ4v) is 20.9. The molecule has 0 saturated heterocycles. The number of furan rings is 2. The van der Waals surface area contributed by atoms with Crippen LogP contribution in [0.25, 0.3) is 267 Å². The Bertz CT molecular complexity index is 9570. The number of para-hydroxylation sites is 9. The third kappa shape index (κ3) is 13.2. The highest BCUT2D eigenvalue weighted by atomic mass is 16.3. The van der Waals surface area contributed by atoms with E-state index in [4.69, 9.17) is 38.7 Å². The van der Waals surface area contributed by atoms with Gasteiger partial charge in [0.1, 0.15) is 22.3 Å². The highest BCUT2D eigenvalue weighted by molar-refractivity contribution is 6.23. The van der Waals surface area contributed by atoms with Crippen molar-refractivity contribution >= 4 is 131 Å². The van der Waals surface area contributed by atoms with E-state index >= 15 is 0 Å². The summed E-state index contributed by atoms with van der Waals surface area (Å²) in [5.74, 6) is 3.62. The van der Waals surface area contributed by atoms with E-state index in [9.17, 15) is 0 Å². The van der Waals surface area contributed by atoms with E-state index in [1.54, 1.807) is 0 Å². The lowest BCUT2D eigenvalue weighted by molar-refractivity contribution is 0.670. The normalized spacial score (nSPS) is 11.8. The molecule has 0 atom stereocenters. The Balaban J connectivity index is 0.000000139. The summed E-state index contributed by atoms with van der Waals surface area (Å²) in [5, 5.41) is 13.6. The Morgan fingerprint density at radius 3 is 0.790 bits per heavy atom. The standard InChI is InChI=1S/2C63H39N5O/c1-5-18-40(19-6-1)61-64-62(41-20-7-2-8-21-41)66-63(65-61)51-31-16-30-50-49-29-15-28-48(59(49)69-60(50)51)47-27-17-33-57-58(47)53-39-43(35-37-56(53)68(57)45-24-11-4-12-25-45)42-34-36-55-52(38-42)46-26-13-14-32-54(46)67(55)44-22-9-3-10-23-44;1-5-17-40(18-6-1)61-64-62(41-19-7-2-8-20-41)66-63(65-61)44-33-36-58-52(39-44)50-28-15-27-49(60(50)69-58)48-26-16-30-57-59(48)53-38-43(32-35-56(53)68(57)46-23-11-4-12-24-46)42-31-34-55-51(37-42)47-25-13-14-29-54(47)67(55)45-21-9-3-10-22-45/h2*1-39H. The van der Waals surface area contributed by atoms with E-state index in [2.05, 4.69) is 364 Å². The molecule has 0 saturated carbocycles. The first kappa shape index (κ1) is 79.0. The molecule has 12 nitrogen and oxygen atoms in total. The van der Waals surface area contributed by atoms with Gasteiger partial charge in [0, 0.05) is 126 Å². The van der Waals surface area contributed by atoms with Crippen LogP contribution in [0.1, 0.15) is 0 Å². The summed E-state index contributed by atoms with van der Waals surface area (Å²) >= 11 is 0. The Kier molecular flexibility index (Phi) is 18.7. The average Bonchev–Trinajstić information content (AvgIpc) is 1.57. The van der Waals surface area contributed by atoms with Crippen molar-refractivity contribution in [1.82, 2.24) is 48.2 Å². The zero-order valence-electron chi connectivity index (χ0n) is 74.3. The summed E-state index contributed by atoms with van der Waals surface area (Å²) in [4.78, 5) is 30.2. The first-order chi connectivity index (χ1) is 68.4. The second-order valence-corrected chi connectivity index (χ2v) is 35.1. The molecule has 0 spiro atoms. The van der Waals surface area contributed by atoms with Gasteiger partial charge < -0.3 is 27.1 Å². The van der Waals surface area contributed by atoms with Crippen LogP contribution in [0.15, 0.2) is 482 Å². The van der Waals surface area contributed by atoms with Crippen LogP contribution in [0.4, 0.5) is 0 Å². The fraction of sp³-hybridized carbons (Fsp3) is 0. The highest BCUT2D eigenvalue weighted by Crippen LogP contribution is 2.50. The maximum atomic E-state index is 7.16. The van der Waals surface area contributed by atoms with Gasteiger partial charge in [0.05, 0.1) is 49.7 Å². The molecule has 28 rings (SSSR count). The molecule has 138 heavy (non-hydrogen) atoms. The van der Waals surface area contributed by atoms with Crippen molar-refractivity contribution in [2.24, 2.45) is 0 Å². The monoisotopic (exact) mass is 1760 g/mol. The van der Waals surface area contributed by atoms with Crippen LogP contribution >= 0.6 is 0 Å². The number of fused-ring (bicyclic) bond motifs is 18. The Morgan fingerprint density at radius 1 is 0.145 bits per heavy atom. The van der Waals surface area contributed by atoms with E-state index in [0.29, 0.717) is 34.9 Å². The zero-order chi connectivity index (χ0) is 90.8. The first-order valence-electron chi connectivity index (χ1n) is 46.5. The van der Waals surface area contributed by atoms with Gasteiger partial charge >= 0.3 is 0 Å². The lowest BCUT2D eigenvalue weighted by Gasteiger charge is -2.09. The number of aromatic nitrogens is 10. The third-order valence-corrected chi connectivity index (χ3v) is 27.1. The number of benzene rings is 20.